The summed E-state index contributed by atoms with van der Waals surface area (Å²) in [6.45, 7) is 5.62. The maximum atomic E-state index is 12.6. The fourth-order valence-corrected chi connectivity index (χ4v) is 3.53. The maximum Gasteiger partial charge on any atom is 0.251 e. The molecule has 1 saturated heterocycles. The summed E-state index contributed by atoms with van der Waals surface area (Å²) in [5, 5.41) is 6.33. The lowest BCUT2D eigenvalue weighted by Crippen LogP contribution is -2.47. The van der Waals surface area contributed by atoms with E-state index in [4.69, 9.17) is 21.1 Å². The molecule has 2 aliphatic heterocycles. The number of hydrogen-bond acceptors (Lipinski definition) is 5. The molecule has 2 heterocycles. The second kappa shape index (κ2) is 9.28. The van der Waals surface area contributed by atoms with Gasteiger partial charge in [-0.25, -0.2) is 0 Å². The van der Waals surface area contributed by atoms with Gasteiger partial charge in [-0.05, 0) is 31.4 Å². The number of halogens is 1. The van der Waals surface area contributed by atoms with Crippen molar-refractivity contribution in [2.24, 2.45) is 0 Å². The molecule has 1 fully saturated rings. The Bertz CT molecular complexity index is 690. The predicted molar refractivity (Wildman–Crippen MR) is 103 cm³/mol. The van der Waals surface area contributed by atoms with Crippen LogP contribution in [0.1, 0.15) is 36.5 Å². The Labute approximate surface area is 164 Å². The summed E-state index contributed by atoms with van der Waals surface area (Å²) >= 11 is 6.21. The van der Waals surface area contributed by atoms with Crippen molar-refractivity contribution >= 4 is 23.4 Å². The van der Waals surface area contributed by atoms with E-state index in [2.05, 4.69) is 15.5 Å². The number of piperidine rings is 1. The van der Waals surface area contributed by atoms with Crippen molar-refractivity contribution in [1.82, 2.24) is 15.5 Å². The van der Waals surface area contributed by atoms with Crippen LogP contribution in [0.25, 0.3) is 0 Å². The summed E-state index contributed by atoms with van der Waals surface area (Å²) in [6, 6.07) is 3.36. The standard InChI is InChI=1S/C19H26ClN3O4/c1-2-5-21-17(24)12-23-6-3-14(4-7-23)22-19(25)13-10-15(20)18-16(11-13)26-8-9-27-18/h10-11,14H,2-9,12H2,1H3,(H,21,24)(H,22,25). The normalized spacial score (nSPS) is 17.4. The first-order valence-corrected chi connectivity index (χ1v) is 9.83. The Balaban J connectivity index is 1.50. The van der Waals surface area contributed by atoms with Gasteiger partial charge in [0.15, 0.2) is 11.5 Å². The molecule has 0 bridgehead atoms. The first-order valence-electron chi connectivity index (χ1n) is 9.46. The molecule has 8 heteroatoms. The van der Waals surface area contributed by atoms with Crippen LogP contribution < -0.4 is 20.1 Å². The highest BCUT2D eigenvalue weighted by Crippen LogP contribution is 2.38. The van der Waals surface area contributed by atoms with Crippen LogP contribution in [-0.2, 0) is 4.79 Å². The van der Waals surface area contributed by atoms with Gasteiger partial charge in [-0.1, -0.05) is 18.5 Å². The lowest BCUT2D eigenvalue weighted by atomic mass is 10.0. The number of carbonyl (C=O) groups is 2. The van der Waals surface area contributed by atoms with Crippen molar-refractivity contribution in [2.45, 2.75) is 32.2 Å². The second-order valence-corrected chi connectivity index (χ2v) is 7.26. The van der Waals surface area contributed by atoms with Gasteiger partial charge in [-0.15, -0.1) is 0 Å². The molecular formula is C19H26ClN3O4. The molecule has 0 atom stereocenters. The summed E-state index contributed by atoms with van der Waals surface area (Å²) in [7, 11) is 0. The fraction of sp³-hybridized carbons (Fsp3) is 0.579. The van der Waals surface area contributed by atoms with Gasteiger partial charge in [0.05, 0.1) is 11.6 Å². The van der Waals surface area contributed by atoms with E-state index in [1.165, 1.54) is 0 Å². The van der Waals surface area contributed by atoms with Crippen molar-refractivity contribution in [1.29, 1.82) is 0 Å². The van der Waals surface area contributed by atoms with Crippen molar-refractivity contribution in [3.8, 4) is 11.5 Å². The Hall–Kier alpha value is -1.99. The van der Waals surface area contributed by atoms with E-state index >= 15 is 0 Å². The number of ether oxygens (including phenoxy) is 2. The Kier molecular flexibility index (Phi) is 6.79. The summed E-state index contributed by atoms with van der Waals surface area (Å²) in [5.74, 6) is 0.888. The molecule has 1 aromatic rings. The van der Waals surface area contributed by atoms with Gasteiger partial charge < -0.3 is 20.1 Å². The molecule has 0 aromatic heterocycles. The molecule has 2 amide bonds. The zero-order valence-corrected chi connectivity index (χ0v) is 16.3. The van der Waals surface area contributed by atoms with Crippen LogP contribution in [0.5, 0.6) is 11.5 Å². The lowest BCUT2D eigenvalue weighted by Gasteiger charge is -2.32. The van der Waals surface area contributed by atoms with Crippen molar-refractivity contribution in [3.63, 3.8) is 0 Å². The number of likely N-dealkylation sites (tertiary alicyclic amines) is 1. The van der Waals surface area contributed by atoms with Crippen LogP contribution in [0.15, 0.2) is 12.1 Å². The number of carbonyl (C=O) groups excluding carboxylic acids is 2. The highest BCUT2D eigenvalue weighted by molar-refractivity contribution is 6.32. The van der Waals surface area contributed by atoms with Crippen LogP contribution >= 0.6 is 11.6 Å². The predicted octanol–water partition coefficient (Wildman–Crippen LogP) is 1.83. The minimum atomic E-state index is -0.173. The van der Waals surface area contributed by atoms with Gasteiger partial charge in [-0.3, -0.25) is 14.5 Å². The molecule has 3 rings (SSSR count). The molecule has 0 saturated carbocycles. The molecule has 0 spiro atoms. The van der Waals surface area contributed by atoms with Crippen LogP contribution in [0.3, 0.4) is 0 Å². The van der Waals surface area contributed by atoms with Gasteiger partial charge in [0, 0.05) is 31.2 Å². The van der Waals surface area contributed by atoms with E-state index in [-0.39, 0.29) is 17.9 Å². The molecular weight excluding hydrogens is 370 g/mol. The summed E-state index contributed by atoms with van der Waals surface area (Å²) in [5.41, 5.74) is 0.464. The topological polar surface area (TPSA) is 79.9 Å². The minimum absolute atomic E-state index is 0.0604. The highest BCUT2D eigenvalue weighted by Gasteiger charge is 2.24. The van der Waals surface area contributed by atoms with Gasteiger partial charge in [0.25, 0.3) is 5.91 Å². The SMILES string of the molecule is CCCNC(=O)CN1CCC(NC(=O)c2cc(Cl)c3c(c2)OCCO3)CC1. The smallest absolute Gasteiger partial charge is 0.251 e. The zero-order valence-electron chi connectivity index (χ0n) is 15.6. The van der Waals surface area contributed by atoms with E-state index in [1.807, 2.05) is 6.92 Å². The number of amides is 2. The number of nitrogens with one attached hydrogen (secondary N) is 2. The summed E-state index contributed by atoms with van der Waals surface area (Å²) < 4.78 is 11.0. The summed E-state index contributed by atoms with van der Waals surface area (Å²) in [4.78, 5) is 26.5. The maximum absolute atomic E-state index is 12.6. The molecule has 27 heavy (non-hydrogen) atoms. The van der Waals surface area contributed by atoms with E-state index in [1.54, 1.807) is 12.1 Å². The van der Waals surface area contributed by atoms with Crippen molar-refractivity contribution in [3.05, 3.63) is 22.7 Å². The molecule has 0 unspecified atom stereocenters. The average Bonchev–Trinajstić information content (AvgIpc) is 2.68. The third kappa shape index (κ3) is 5.26. The molecule has 0 aliphatic carbocycles. The largest absolute Gasteiger partial charge is 0.486 e. The highest BCUT2D eigenvalue weighted by atomic mass is 35.5. The fourth-order valence-electron chi connectivity index (χ4n) is 3.27. The van der Waals surface area contributed by atoms with Gasteiger partial charge in [0.1, 0.15) is 13.2 Å². The summed E-state index contributed by atoms with van der Waals surface area (Å²) in [6.07, 6.45) is 2.56. The lowest BCUT2D eigenvalue weighted by molar-refractivity contribution is -0.122. The third-order valence-corrected chi connectivity index (χ3v) is 5.00. The zero-order chi connectivity index (χ0) is 19.2. The van der Waals surface area contributed by atoms with Gasteiger partial charge in [-0.2, -0.15) is 0 Å². The van der Waals surface area contributed by atoms with Crippen molar-refractivity contribution in [2.75, 3.05) is 39.4 Å². The first-order chi connectivity index (χ1) is 13.1. The van der Waals surface area contributed by atoms with Crippen LogP contribution in [-0.4, -0.2) is 62.1 Å². The minimum Gasteiger partial charge on any atom is -0.486 e. The van der Waals surface area contributed by atoms with Crippen LogP contribution in [0.2, 0.25) is 5.02 Å². The Morgan fingerprint density at radius 3 is 2.70 bits per heavy atom. The van der Waals surface area contributed by atoms with E-state index < -0.39 is 0 Å². The van der Waals surface area contributed by atoms with Crippen LogP contribution in [0, 0.1) is 0 Å². The number of benzene rings is 1. The monoisotopic (exact) mass is 395 g/mol. The number of fused-ring (bicyclic) bond motifs is 1. The van der Waals surface area contributed by atoms with Gasteiger partial charge in [0.2, 0.25) is 5.91 Å². The van der Waals surface area contributed by atoms with Gasteiger partial charge >= 0.3 is 0 Å². The third-order valence-electron chi connectivity index (χ3n) is 4.72. The quantitative estimate of drug-likeness (QED) is 0.768. The molecule has 7 nitrogen and oxygen atoms in total. The number of rotatable bonds is 6. The first kappa shape index (κ1) is 19.8. The Morgan fingerprint density at radius 1 is 1.22 bits per heavy atom. The molecule has 148 valence electrons. The molecule has 0 radical (unpaired) electrons. The van der Waals surface area contributed by atoms with E-state index in [0.717, 1.165) is 32.4 Å². The van der Waals surface area contributed by atoms with E-state index in [0.29, 0.717) is 48.4 Å². The number of hydrogen-bond donors (Lipinski definition) is 2. The Morgan fingerprint density at radius 2 is 1.96 bits per heavy atom. The molecule has 2 N–H and O–H groups in total. The average molecular weight is 396 g/mol. The second-order valence-electron chi connectivity index (χ2n) is 6.86. The van der Waals surface area contributed by atoms with Crippen molar-refractivity contribution < 1.29 is 19.1 Å². The van der Waals surface area contributed by atoms with E-state index in [9.17, 15) is 9.59 Å². The van der Waals surface area contributed by atoms with Crippen LogP contribution in [0.4, 0.5) is 0 Å². The molecule has 2 aliphatic rings. The number of nitrogens with zero attached hydrogens (tertiary/aromatic N) is 1. The molecule has 1 aromatic carbocycles.